The Hall–Kier alpha value is -1.93. The first-order valence-corrected chi connectivity index (χ1v) is 8.09. The molecule has 1 aromatic carbocycles. The van der Waals surface area contributed by atoms with E-state index < -0.39 is 15.7 Å². The molecule has 0 spiro atoms. The van der Waals surface area contributed by atoms with Crippen LogP contribution in [-0.2, 0) is 9.84 Å². The minimum absolute atomic E-state index is 0.0304. The van der Waals surface area contributed by atoms with Gasteiger partial charge in [0, 0.05) is 17.2 Å². The van der Waals surface area contributed by atoms with Crippen LogP contribution in [0, 0.1) is 0 Å². The van der Waals surface area contributed by atoms with E-state index >= 15 is 0 Å². The molecule has 108 valence electrons. The zero-order chi connectivity index (χ0) is 15.3. The molecule has 0 bridgehead atoms. The number of carbonyl (C=O) groups excluding carboxylic acids is 1. The second-order valence-corrected chi connectivity index (χ2v) is 6.82. The van der Waals surface area contributed by atoms with Crippen molar-refractivity contribution in [3.05, 3.63) is 51.9 Å². The molecular formula is C12H14N2O4S2. The Labute approximate surface area is 121 Å². The van der Waals surface area contributed by atoms with Gasteiger partial charge in [0.1, 0.15) is 10.8 Å². The quantitative estimate of drug-likeness (QED) is 0.751. The summed E-state index contributed by atoms with van der Waals surface area (Å²) < 4.78 is 22.1. The lowest BCUT2D eigenvalue weighted by molar-refractivity contribution is 0.0968. The fourth-order valence-electron chi connectivity index (χ4n) is 1.09. The molecule has 0 radical (unpaired) electrons. The Bertz CT molecular complexity index is 666. The Morgan fingerprint density at radius 1 is 1.50 bits per heavy atom. The molecule has 0 fully saturated rings. The molecule has 0 saturated heterocycles. The van der Waals surface area contributed by atoms with Crippen molar-refractivity contribution in [3.8, 4) is 5.75 Å². The van der Waals surface area contributed by atoms with E-state index in [4.69, 9.17) is 5.73 Å². The van der Waals surface area contributed by atoms with Crippen molar-refractivity contribution in [2.45, 2.75) is 0 Å². The van der Waals surface area contributed by atoms with E-state index in [2.05, 4.69) is 11.9 Å². The van der Waals surface area contributed by atoms with Crippen molar-refractivity contribution in [1.82, 2.24) is 5.32 Å². The number of phenols is 1. The van der Waals surface area contributed by atoms with Crippen molar-refractivity contribution in [2.24, 2.45) is 5.73 Å². The van der Waals surface area contributed by atoms with E-state index in [1.807, 2.05) is 0 Å². The molecule has 1 amide bonds. The summed E-state index contributed by atoms with van der Waals surface area (Å²) in [7, 11) is -3.45. The van der Waals surface area contributed by atoms with Crippen molar-refractivity contribution in [3.63, 3.8) is 0 Å². The van der Waals surface area contributed by atoms with Crippen molar-refractivity contribution >= 4 is 27.5 Å². The monoisotopic (exact) mass is 314 g/mol. The third kappa shape index (κ3) is 4.98. The topological polar surface area (TPSA) is 109 Å². The zero-order valence-electron chi connectivity index (χ0n) is 10.7. The van der Waals surface area contributed by atoms with Gasteiger partial charge in [-0.25, -0.2) is 8.42 Å². The molecule has 6 nitrogen and oxygen atoms in total. The largest absolute Gasteiger partial charge is 0.508 e. The van der Waals surface area contributed by atoms with Crippen LogP contribution in [0.15, 0.2) is 46.3 Å². The molecule has 0 aliphatic heterocycles. The third-order valence-electron chi connectivity index (χ3n) is 2.11. The minimum Gasteiger partial charge on any atom is -0.508 e. The maximum Gasteiger partial charge on any atom is 0.256 e. The van der Waals surface area contributed by atoms with Crippen LogP contribution < -0.4 is 11.1 Å². The molecule has 0 atom stereocenters. The van der Waals surface area contributed by atoms with Crippen LogP contribution in [0.3, 0.4) is 0 Å². The Kier molecular flexibility index (Phi) is 5.23. The maximum atomic E-state index is 11.8. The van der Waals surface area contributed by atoms with Gasteiger partial charge in [-0.05, 0) is 18.2 Å². The molecule has 0 unspecified atom stereocenters. The van der Waals surface area contributed by atoms with E-state index in [0.717, 1.165) is 18.0 Å². The molecule has 0 heterocycles. The van der Waals surface area contributed by atoms with Crippen LogP contribution in [0.1, 0.15) is 10.4 Å². The van der Waals surface area contributed by atoms with Gasteiger partial charge in [0.25, 0.3) is 5.91 Å². The highest BCUT2D eigenvalue weighted by Crippen LogP contribution is 2.16. The van der Waals surface area contributed by atoms with Gasteiger partial charge in [0.2, 0.25) is 0 Å². The van der Waals surface area contributed by atoms with Crippen LogP contribution in [0.4, 0.5) is 0 Å². The van der Waals surface area contributed by atoms with Gasteiger partial charge in [0.15, 0.2) is 9.84 Å². The highest BCUT2D eigenvalue weighted by molar-refractivity contribution is 8.06. The minimum atomic E-state index is -3.45. The Balaban J connectivity index is 2.66. The summed E-state index contributed by atoms with van der Waals surface area (Å²) in [5.74, 6) is -0.498. The molecule has 0 aliphatic carbocycles. The number of carbonyl (C=O) groups is 1. The van der Waals surface area contributed by atoms with Gasteiger partial charge in [-0.1, -0.05) is 24.4 Å². The predicted molar refractivity (Wildman–Crippen MR) is 79.4 cm³/mol. The molecule has 0 saturated carbocycles. The number of nitrogens with two attached hydrogens (primary N) is 1. The van der Waals surface area contributed by atoms with Crippen molar-refractivity contribution in [2.75, 3.05) is 6.26 Å². The molecular weight excluding hydrogens is 300 g/mol. The predicted octanol–water partition coefficient (Wildman–Crippen LogP) is 1.13. The summed E-state index contributed by atoms with van der Waals surface area (Å²) >= 11 is 0.883. The summed E-state index contributed by atoms with van der Waals surface area (Å²) in [6.45, 7) is 3.57. The van der Waals surface area contributed by atoms with Crippen LogP contribution >= 0.6 is 11.8 Å². The lowest BCUT2D eigenvalue weighted by Gasteiger charge is -2.06. The van der Waals surface area contributed by atoms with Crippen LogP contribution in [-0.4, -0.2) is 25.7 Å². The second kappa shape index (κ2) is 6.49. The molecule has 0 aromatic heterocycles. The second-order valence-electron chi connectivity index (χ2n) is 3.84. The van der Waals surface area contributed by atoms with E-state index in [1.54, 1.807) is 0 Å². The molecule has 4 N–H and O–H groups in total. The number of phenolic OH excluding ortho intramolecular Hbond substituents is 1. The average molecular weight is 314 g/mol. The normalized spacial score (nSPS) is 11.9. The number of aromatic hydroxyl groups is 1. The summed E-state index contributed by atoms with van der Waals surface area (Å²) in [4.78, 5) is 11.8. The number of nitrogens with one attached hydrogen (secondary N) is 1. The molecule has 0 aliphatic rings. The van der Waals surface area contributed by atoms with Gasteiger partial charge in [-0.2, -0.15) is 0 Å². The lowest BCUT2D eigenvalue weighted by Crippen LogP contribution is -2.20. The molecule has 8 heteroatoms. The lowest BCUT2D eigenvalue weighted by atomic mass is 10.2. The number of hydrogen-bond donors (Lipinski definition) is 3. The van der Waals surface area contributed by atoms with Gasteiger partial charge >= 0.3 is 0 Å². The van der Waals surface area contributed by atoms with Crippen molar-refractivity contribution in [1.29, 1.82) is 0 Å². The first kappa shape index (κ1) is 16.1. The Morgan fingerprint density at radius 3 is 2.70 bits per heavy atom. The Morgan fingerprint density at radius 2 is 2.15 bits per heavy atom. The summed E-state index contributed by atoms with van der Waals surface area (Å²) in [5, 5.41) is 12.8. The fraction of sp³-hybridized carbons (Fsp3) is 0.0833. The number of sulfone groups is 1. The van der Waals surface area contributed by atoms with Gasteiger partial charge in [-0.15, -0.1) is 0 Å². The number of amides is 1. The number of thioether (sulfide) groups is 1. The number of benzene rings is 1. The molecule has 1 rings (SSSR count). The molecule has 20 heavy (non-hydrogen) atoms. The van der Waals surface area contributed by atoms with Gasteiger partial charge in [0.05, 0.1) is 5.03 Å². The number of rotatable bonds is 5. The smallest absolute Gasteiger partial charge is 0.256 e. The first-order valence-electron chi connectivity index (χ1n) is 5.32. The van der Waals surface area contributed by atoms with Gasteiger partial charge in [-0.3, -0.25) is 4.79 Å². The van der Waals surface area contributed by atoms with E-state index in [-0.39, 0.29) is 21.4 Å². The van der Waals surface area contributed by atoms with E-state index in [0.29, 0.717) is 0 Å². The number of hydrogen-bond acceptors (Lipinski definition) is 6. The van der Waals surface area contributed by atoms with Crippen LogP contribution in [0.2, 0.25) is 0 Å². The zero-order valence-corrected chi connectivity index (χ0v) is 12.3. The summed E-state index contributed by atoms with van der Waals surface area (Å²) in [6.07, 6.45) is 0.980. The van der Waals surface area contributed by atoms with E-state index in [9.17, 15) is 18.3 Å². The SMILES string of the molecule is C=C(NC(=O)c1cccc(O)c1)S/C=C(\N)S(C)(=O)=O. The molecule has 1 aromatic rings. The highest BCUT2D eigenvalue weighted by atomic mass is 32.2. The average Bonchev–Trinajstić information content (AvgIpc) is 2.34. The van der Waals surface area contributed by atoms with Crippen LogP contribution in [0.5, 0.6) is 5.75 Å². The summed E-state index contributed by atoms with van der Waals surface area (Å²) in [6, 6.07) is 5.79. The fourth-order valence-corrected chi connectivity index (χ4v) is 2.35. The van der Waals surface area contributed by atoms with Crippen molar-refractivity contribution < 1.29 is 18.3 Å². The van der Waals surface area contributed by atoms with Gasteiger partial charge < -0.3 is 16.2 Å². The summed E-state index contributed by atoms with van der Waals surface area (Å²) in [5.41, 5.74) is 5.58. The van der Waals surface area contributed by atoms with Crippen LogP contribution in [0.25, 0.3) is 0 Å². The maximum absolute atomic E-state index is 11.8. The highest BCUT2D eigenvalue weighted by Gasteiger charge is 2.09. The van der Waals surface area contributed by atoms with E-state index in [1.165, 1.54) is 29.7 Å². The standard InChI is InChI=1S/C12H14N2O4S2/c1-8(19-7-11(13)20(2,17)18)14-12(16)9-4-3-5-10(15)6-9/h3-7,15H,1,13H2,2H3,(H,14,16)/b11-7+. The third-order valence-corrected chi connectivity index (χ3v) is 3.99. The first-order chi connectivity index (χ1) is 9.20.